The van der Waals surface area contributed by atoms with E-state index in [9.17, 15) is 23.1 Å². The summed E-state index contributed by atoms with van der Waals surface area (Å²) >= 11 is 1.00. The predicted octanol–water partition coefficient (Wildman–Crippen LogP) is 1.33. The van der Waals surface area contributed by atoms with Gasteiger partial charge in [0.15, 0.2) is 0 Å². The van der Waals surface area contributed by atoms with Crippen molar-refractivity contribution in [2.75, 3.05) is 20.2 Å². The molecule has 1 atom stereocenters. The molecule has 0 aromatic carbocycles. The molecule has 1 aromatic rings. The lowest BCUT2D eigenvalue weighted by atomic mass is 9.90. The van der Waals surface area contributed by atoms with Crippen LogP contribution in [0.3, 0.4) is 0 Å². The Kier molecular flexibility index (Phi) is 4.33. The van der Waals surface area contributed by atoms with E-state index in [1.807, 2.05) is 0 Å². The molecule has 1 aliphatic heterocycles. The summed E-state index contributed by atoms with van der Waals surface area (Å²) in [5, 5.41) is 10.8. The highest BCUT2D eigenvalue weighted by molar-refractivity contribution is 7.89. The molecule has 0 saturated carbocycles. The van der Waals surface area contributed by atoms with Gasteiger partial charge in [-0.05, 0) is 31.2 Å². The highest BCUT2D eigenvalue weighted by Crippen LogP contribution is 2.37. The van der Waals surface area contributed by atoms with Gasteiger partial charge in [0.2, 0.25) is 10.0 Å². The number of esters is 1. The standard InChI is InChI=1S/C13H17NO6S2/c1-8-6-21-9(11(15)20-3)10(8)22(18,19)14-5-4-13(2,7-14)12(16)17/h6H,4-5,7H2,1-3H3,(H,16,17). The Hall–Kier alpha value is -1.45. The maximum absolute atomic E-state index is 12.8. The van der Waals surface area contributed by atoms with Gasteiger partial charge in [-0.3, -0.25) is 4.79 Å². The molecule has 2 heterocycles. The quantitative estimate of drug-likeness (QED) is 0.825. The molecule has 122 valence electrons. The first-order chi connectivity index (χ1) is 10.1. The maximum Gasteiger partial charge on any atom is 0.349 e. The minimum absolute atomic E-state index is 0.0175. The van der Waals surface area contributed by atoms with Crippen LogP contribution in [-0.4, -0.2) is 50.0 Å². The monoisotopic (exact) mass is 347 g/mol. The van der Waals surface area contributed by atoms with Crippen molar-refractivity contribution in [2.24, 2.45) is 5.41 Å². The zero-order chi connectivity index (χ0) is 16.7. The number of hydrogen-bond donors (Lipinski definition) is 1. The number of carboxylic acids is 1. The number of rotatable bonds is 4. The van der Waals surface area contributed by atoms with Crippen LogP contribution in [0.4, 0.5) is 0 Å². The van der Waals surface area contributed by atoms with Crippen LogP contribution in [0.1, 0.15) is 28.6 Å². The summed E-state index contributed by atoms with van der Waals surface area (Å²) in [5.41, 5.74) is -0.656. The van der Waals surface area contributed by atoms with Crippen LogP contribution in [0.5, 0.6) is 0 Å². The molecule has 1 saturated heterocycles. The van der Waals surface area contributed by atoms with Gasteiger partial charge in [-0.15, -0.1) is 11.3 Å². The molecule has 0 radical (unpaired) electrons. The Balaban J connectivity index is 2.43. The van der Waals surface area contributed by atoms with Crippen LogP contribution in [-0.2, 0) is 19.6 Å². The molecule has 7 nitrogen and oxygen atoms in total. The maximum atomic E-state index is 12.8. The summed E-state index contributed by atoms with van der Waals surface area (Å²) in [4.78, 5) is 23.0. The first-order valence-electron chi connectivity index (χ1n) is 6.53. The van der Waals surface area contributed by atoms with Crippen LogP contribution in [0.15, 0.2) is 10.3 Å². The summed E-state index contributed by atoms with van der Waals surface area (Å²) in [6.07, 6.45) is 0.234. The van der Waals surface area contributed by atoms with Crippen molar-refractivity contribution in [1.29, 1.82) is 0 Å². The molecule has 1 aromatic heterocycles. The number of carboxylic acid groups (broad SMARTS) is 1. The largest absolute Gasteiger partial charge is 0.481 e. The zero-order valence-corrected chi connectivity index (χ0v) is 14.1. The van der Waals surface area contributed by atoms with Gasteiger partial charge < -0.3 is 9.84 Å². The second-order valence-electron chi connectivity index (χ2n) is 5.52. The highest BCUT2D eigenvalue weighted by Gasteiger charge is 2.46. The third-order valence-electron chi connectivity index (χ3n) is 3.84. The van der Waals surface area contributed by atoms with Crippen LogP contribution < -0.4 is 0 Å². The highest BCUT2D eigenvalue weighted by atomic mass is 32.2. The van der Waals surface area contributed by atoms with Gasteiger partial charge >= 0.3 is 11.9 Å². The normalized spacial score (nSPS) is 22.7. The Labute approximate surface area is 132 Å². The minimum atomic E-state index is -3.94. The third-order valence-corrected chi connectivity index (χ3v) is 7.08. The number of sulfonamides is 1. The third kappa shape index (κ3) is 2.64. The number of carbonyl (C=O) groups excluding carboxylic acids is 1. The van der Waals surface area contributed by atoms with Crippen LogP contribution in [0, 0.1) is 12.3 Å². The average Bonchev–Trinajstić information content (AvgIpc) is 3.03. The first kappa shape index (κ1) is 16.9. The summed E-state index contributed by atoms with van der Waals surface area (Å²) in [6, 6.07) is 0. The molecule has 1 N–H and O–H groups in total. The summed E-state index contributed by atoms with van der Waals surface area (Å²) < 4.78 is 31.3. The van der Waals surface area contributed by atoms with E-state index in [-0.39, 0.29) is 29.3 Å². The van der Waals surface area contributed by atoms with Crippen LogP contribution >= 0.6 is 11.3 Å². The van der Waals surface area contributed by atoms with E-state index in [0.717, 1.165) is 15.6 Å². The fourth-order valence-corrected chi connectivity index (χ4v) is 5.64. The molecule has 22 heavy (non-hydrogen) atoms. The smallest absolute Gasteiger partial charge is 0.349 e. The van der Waals surface area contributed by atoms with Gasteiger partial charge in [-0.1, -0.05) is 0 Å². The number of aryl methyl sites for hydroxylation is 1. The number of methoxy groups -OCH3 is 1. The number of carbonyl (C=O) groups is 2. The average molecular weight is 347 g/mol. The molecular weight excluding hydrogens is 330 g/mol. The predicted molar refractivity (Wildman–Crippen MR) is 79.5 cm³/mol. The molecule has 9 heteroatoms. The molecule has 0 spiro atoms. The van der Waals surface area contributed by atoms with E-state index in [4.69, 9.17) is 0 Å². The van der Waals surface area contributed by atoms with Crippen LogP contribution in [0.2, 0.25) is 0 Å². The van der Waals surface area contributed by atoms with E-state index in [0.29, 0.717) is 5.56 Å². The first-order valence-corrected chi connectivity index (χ1v) is 8.85. The lowest BCUT2D eigenvalue weighted by Crippen LogP contribution is -2.35. The van der Waals surface area contributed by atoms with E-state index in [1.165, 1.54) is 14.0 Å². The fourth-order valence-electron chi connectivity index (χ4n) is 2.42. The van der Waals surface area contributed by atoms with Crippen molar-refractivity contribution in [3.63, 3.8) is 0 Å². The number of hydrogen-bond acceptors (Lipinski definition) is 6. The number of thiophene rings is 1. The van der Waals surface area contributed by atoms with Crippen molar-refractivity contribution in [3.05, 3.63) is 15.8 Å². The van der Waals surface area contributed by atoms with Crippen molar-refractivity contribution < 1.29 is 27.9 Å². The molecule has 2 rings (SSSR count). The molecule has 0 bridgehead atoms. The van der Waals surface area contributed by atoms with Gasteiger partial charge in [0.1, 0.15) is 9.77 Å². The van der Waals surface area contributed by atoms with Crippen molar-refractivity contribution >= 4 is 33.3 Å². The Morgan fingerprint density at radius 1 is 1.45 bits per heavy atom. The van der Waals surface area contributed by atoms with Crippen LogP contribution in [0.25, 0.3) is 0 Å². The number of aliphatic carboxylic acids is 1. The SMILES string of the molecule is COC(=O)c1scc(C)c1S(=O)(=O)N1CCC(C)(C(=O)O)C1. The minimum Gasteiger partial charge on any atom is -0.481 e. The second-order valence-corrected chi connectivity index (χ2v) is 8.28. The lowest BCUT2D eigenvalue weighted by Gasteiger charge is -2.20. The molecule has 1 fully saturated rings. The number of ether oxygens (including phenoxy) is 1. The van der Waals surface area contributed by atoms with Crippen molar-refractivity contribution in [3.8, 4) is 0 Å². The number of nitrogens with zero attached hydrogens (tertiary/aromatic N) is 1. The summed E-state index contributed by atoms with van der Waals surface area (Å²) in [6.45, 7) is 3.12. The van der Waals surface area contributed by atoms with Gasteiger partial charge in [-0.2, -0.15) is 4.31 Å². The molecule has 1 unspecified atom stereocenters. The van der Waals surface area contributed by atoms with E-state index >= 15 is 0 Å². The van der Waals surface area contributed by atoms with Gasteiger partial charge in [0, 0.05) is 13.1 Å². The van der Waals surface area contributed by atoms with E-state index < -0.39 is 27.4 Å². The Bertz CT molecular complexity index is 723. The van der Waals surface area contributed by atoms with Crippen molar-refractivity contribution in [1.82, 2.24) is 4.31 Å². The summed E-state index contributed by atoms with van der Waals surface area (Å²) in [5.74, 6) is -1.74. The fraction of sp³-hybridized carbons (Fsp3) is 0.538. The second kappa shape index (κ2) is 5.64. The lowest BCUT2D eigenvalue weighted by molar-refractivity contribution is -0.146. The molecular formula is C13H17NO6S2. The molecule has 0 aliphatic carbocycles. The van der Waals surface area contributed by atoms with Gasteiger partial charge in [0.25, 0.3) is 0 Å². The van der Waals surface area contributed by atoms with E-state index in [1.54, 1.807) is 12.3 Å². The van der Waals surface area contributed by atoms with Gasteiger partial charge in [0.05, 0.1) is 12.5 Å². The molecule has 0 amide bonds. The summed E-state index contributed by atoms with van der Waals surface area (Å²) in [7, 11) is -2.75. The molecule has 1 aliphatic rings. The van der Waals surface area contributed by atoms with E-state index in [2.05, 4.69) is 4.74 Å². The van der Waals surface area contributed by atoms with Crippen molar-refractivity contribution in [2.45, 2.75) is 25.2 Å². The zero-order valence-electron chi connectivity index (χ0n) is 12.5. The van der Waals surface area contributed by atoms with Gasteiger partial charge in [-0.25, -0.2) is 13.2 Å². The Morgan fingerprint density at radius 2 is 2.09 bits per heavy atom. The Morgan fingerprint density at radius 3 is 2.59 bits per heavy atom. The topological polar surface area (TPSA) is 101 Å².